The van der Waals surface area contributed by atoms with Crippen LogP contribution in [0, 0.1) is 0 Å². The van der Waals surface area contributed by atoms with Crippen molar-refractivity contribution in [1.29, 1.82) is 0 Å². The van der Waals surface area contributed by atoms with Crippen LogP contribution in [0.3, 0.4) is 0 Å². The van der Waals surface area contributed by atoms with E-state index in [1.807, 2.05) is 6.92 Å². The van der Waals surface area contributed by atoms with Crippen LogP contribution in [0.2, 0.25) is 0 Å². The first-order valence-electron chi connectivity index (χ1n) is 6.47. The number of carbonyl (C=O) groups is 1. The van der Waals surface area contributed by atoms with Crippen molar-refractivity contribution in [2.75, 3.05) is 26.9 Å². The highest BCUT2D eigenvalue weighted by Crippen LogP contribution is 2.28. The minimum atomic E-state index is -0.989. The molecule has 1 aromatic rings. The maximum Gasteiger partial charge on any atom is 0.328 e. The molecule has 1 aromatic carbocycles. The molecule has 0 aliphatic heterocycles. The zero-order chi connectivity index (χ0) is 14.8. The number of ether oxygens (including phenoxy) is 3. The first kappa shape index (κ1) is 16.0. The van der Waals surface area contributed by atoms with Gasteiger partial charge in [-0.1, -0.05) is 13.0 Å². The molecular formula is C15H20O5. The Bertz CT molecular complexity index is 454. The Hall–Kier alpha value is -2.01. The molecule has 1 rings (SSSR count). The lowest BCUT2D eigenvalue weighted by molar-refractivity contribution is -0.131. The summed E-state index contributed by atoms with van der Waals surface area (Å²) in [5.41, 5.74) is 0.735. The summed E-state index contributed by atoms with van der Waals surface area (Å²) >= 11 is 0. The summed E-state index contributed by atoms with van der Waals surface area (Å²) in [6, 6.07) is 5.24. The molecule has 5 nitrogen and oxygen atoms in total. The number of rotatable bonds is 9. The number of hydrogen-bond acceptors (Lipinski definition) is 4. The number of hydrogen-bond donors (Lipinski definition) is 1. The molecule has 0 saturated heterocycles. The highest BCUT2D eigenvalue weighted by atomic mass is 16.5. The van der Waals surface area contributed by atoms with Crippen molar-refractivity contribution in [2.24, 2.45) is 0 Å². The van der Waals surface area contributed by atoms with Gasteiger partial charge in [-0.25, -0.2) is 4.79 Å². The van der Waals surface area contributed by atoms with Gasteiger partial charge in [0.15, 0.2) is 11.5 Å². The summed E-state index contributed by atoms with van der Waals surface area (Å²) in [6.45, 7) is 3.74. The molecule has 0 saturated carbocycles. The third kappa shape index (κ3) is 5.75. The highest BCUT2D eigenvalue weighted by Gasteiger charge is 2.04. The minimum absolute atomic E-state index is 0.445. The fourth-order valence-electron chi connectivity index (χ4n) is 1.53. The van der Waals surface area contributed by atoms with Crippen LogP contribution in [0.25, 0.3) is 6.08 Å². The van der Waals surface area contributed by atoms with E-state index in [9.17, 15) is 4.79 Å². The van der Waals surface area contributed by atoms with E-state index in [1.165, 1.54) is 6.08 Å². The van der Waals surface area contributed by atoms with Crippen LogP contribution in [-0.2, 0) is 9.53 Å². The number of carboxylic acid groups (broad SMARTS) is 1. The van der Waals surface area contributed by atoms with Crippen LogP contribution in [0.1, 0.15) is 18.9 Å². The minimum Gasteiger partial charge on any atom is -0.493 e. The van der Waals surface area contributed by atoms with E-state index >= 15 is 0 Å². The van der Waals surface area contributed by atoms with Crippen molar-refractivity contribution >= 4 is 12.0 Å². The van der Waals surface area contributed by atoms with Crippen LogP contribution in [0.15, 0.2) is 24.3 Å². The third-order valence-electron chi connectivity index (χ3n) is 2.44. The van der Waals surface area contributed by atoms with Gasteiger partial charge in [0.2, 0.25) is 0 Å². The molecule has 0 fully saturated rings. The van der Waals surface area contributed by atoms with E-state index in [4.69, 9.17) is 19.3 Å². The zero-order valence-corrected chi connectivity index (χ0v) is 11.8. The normalized spacial score (nSPS) is 10.7. The lowest BCUT2D eigenvalue weighted by atomic mass is 10.2. The van der Waals surface area contributed by atoms with Gasteiger partial charge >= 0.3 is 5.97 Å². The molecule has 20 heavy (non-hydrogen) atoms. The second kappa shape index (κ2) is 8.98. The van der Waals surface area contributed by atoms with Crippen molar-refractivity contribution in [1.82, 2.24) is 0 Å². The molecule has 0 atom stereocenters. The van der Waals surface area contributed by atoms with Crippen LogP contribution in [0.4, 0.5) is 0 Å². The largest absolute Gasteiger partial charge is 0.493 e. The maximum atomic E-state index is 10.5. The van der Waals surface area contributed by atoms with Gasteiger partial charge < -0.3 is 19.3 Å². The Kier molecular flexibility index (Phi) is 7.21. The molecule has 110 valence electrons. The molecule has 0 bridgehead atoms. The molecular weight excluding hydrogens is 260 g/mol. The van der Waals surface area contributed by atoms with Crippen molar-refractivity contribution in [3.8, 4) is 11.5 Å². The van der Waals surface area contributed by atoms with E-state index in [1.54, 1.807) is 25.3 Å². The summed E-state index contributed by atoms with van der Waals surface area (Å²) in [6.07, 6.45) is 3.56. The predicted molar refractivity (Wildman–Crippen MR) is 76.3 cm³/mol. The Morgan fingerprint density at radius 3 is 2.70 bits per heavy atom. The zero-order valence-electron chi connectivity index (χ0n) is 11.8. The van der Waals surface area contributed by atoms with Crippen molar-refractivity contribution in [3.63, 3.8) is 0 Å². The fraction of sp³-hybridized carbons (Fsp3) is 0.400. The van der Waals surface area contributed by atoms with Gasteiger partial charge in [-0.15, -0.1) is 0 Å². The second-order valence-electron chi connectivity index (χ2n) is 4.04. The van der Waals surface area contributed by atoms with Crippen LogP contribution in [-0.4, -0.2) is 38.0 Å². The molecule has 0 aliphatic carbocycles. The summed E-state index contributed by atoms with van der Waals surface area (Å²) in [5.74, 6) is 0.186. The van der Waals surface area contributed by atoms with E-state index in [2.05, 4.69) is 0 Å². The average molecular weight is 280 g/mol. The number of aliphatic carboxylic acids is 1. The summed E-state index contributed by atoms with van der Waals surface area (Å²) in [4.78, 5) is 10.5. The average Bonchev–Trinajstić information content (AvgIpc) is 2.45. The van der Waals surface area contributed by atoms with Gasteiger partial charge in [0, 0.05) is 12.7 Å². The SMILES string of the molecule is CCCOCCOc1ccc(/C=C/C(=O)O)cc1OC. The van der Waals surface area contributed by atoms with Crippen LogP contribution >= 0.6 is 0 Å². The van der Waals surface area contributed by atoms with Gasteiger partial charge in [-0.05, 0) is 30.2 Å². The highest BCUT2D eigenvalue weighted by molar-refractivity contribution is 5.85. The maximum absolute atomic E-state index is 10.5. The van der Waals surface area contributed by atoms with E-state index in [0.717, 1.165) is 24.7 Å². The van der Waals surface area contributed by atoms with Gasteiger partial charge in [0.1, 0.15) is 6.61 Å². The van der Waals surface area contributed by atoms with Crippen LogP contribution < -0.4 is 9.47 Å². The standard InChI is InChI=1S/C15H20O5/c1-3-8-19-9-10-20-13-6-4-12(5-7-15(16)17)11-14(13)18-2/h4-7,11H,3,8-10H2,1-2H3,(H,16,17)/b7-5+. The molecule has 0 unspecified atom stereocenters. The summed E-state index contributed by atoms with van der Waals surface area (Å²) in [5, 5.41) is 8.59. The van der Waals surface area contributed by atoms with E-state index in [-0.39, 0.29) is 0 Å². The Morgan fingerprint density at radius 1 is 1.25 bits per heavy atom. The quantitative estimate of drug-likeness (QED) is 0.556. The van der Waals surface area contributed by atoms with Gasteiger partial charge in [-0.3, -0.25) is 0 Å². The monoisotopic (exact) mass is 280 g/mol. The first-order chi connectivity index (χ1) is 9.67. The molecule has 0 amide bonds. The number of carboxylic acids is 1. The van der Waals surface area contributed by atoms with E-state index < -0.39 is 5.97 Å². The predicted octanol–water partition coefficient (Wildman–Crippen LogP) is 2.60. The van der Waals surface area contributed by atoms with Gasteiger partial charge in [0.05, 0.1) is 13.7 Å². The molecule has 0 aliphatic rings. The molecule has 0 spiro atoms. The lowest BCUT2D eigenvalue weighted by Crippen LogP contribution is -2.07. The first-order valence-corrected chi connectivity index (χ1v) is 6.47. The Labute approximate surface area is 118 Å². The molecule has 1 N–H and O–H groups in total. The third-order valence-corrected chi connectivity index (χ3v) is 2.44. The number of methoxy groups -OCH3 is 1. The number of benzene rings is 1. The topological polar surface area (TPSA) is 65.0 Å². The van der Waals surface area contributed by atoms with Crippen molar-refractivity contribution in [3.05, 3.63) is 29.8 Å². The molecule has 0 radical (unpaired) electrons. The smallest absolute Gasteiger partial charge is 0.328 e. The van der Waals surface area contributed by atoms with Gasteiger partial charge in [-0.2, -0.15) is 0 Å². The van der Waals surface area contributed by atoms with Gasteiger partial charge in [0.25, 0.3) is 0 Å². The summed E-state index contributed by atoms with van der Waals surface area (Å²) in [7, 11) is 1.54. The Balaban J connectivity index is 2.61. The molecule has 0 aromatic heterocycles. The van der Waals surface area contributed by atoms with E-state index in [0.29, 0.717) is 24.7 Å². The molecule has 5 heteroatoms. The molecule has 0 heterocycles. The van der Waals surface area contributed by atoms with Crippen molar-refractivity contribution in [2.45, 2.75) is 13.3 Å². The fourth-order valence-corrected chi connectivity index (χ4v) is 1.53. The second-order valence-corrected chi connectivity index (χ2v) is 4.04. The van der Waals surface area contributed by atoms with Crippen molar-refractivity contribution < 1.29 is 24.1 Å². The van der Waals surface area contributed by atoms with Crippen LogP contribution in [0.5, 0.6) is 11.5 Å². The summed E-state index contributed by atoms with van der Waals surface area (Å²) < 4.78 is 16.1. The Morgan fingerprint density at radius 2 is 2.05 bits per heavy atom. The lowest BCUT2D eigenvalue weighted by Gasteiger charge is -2.11.